The molecule has 0 bridgehead atoms. The number of carbonyl (C=O) groups is 1. The van der Waals surface area contributed by atoms with Crippen molar-refractivity contribution in [1.29, 1.82) is 0 Å². The van der Waals surface area contributed by atoms with Crippen LogP contribution in [0, 0.1) is 5.92 Å². The molecule has 1 fully saturated rings. The molecule has 1 aliphatic heterocycles. The molecule has 0 spiro atoms. The third-order valence-electron chi connectivity index (χ3n) is 3.49. The van der Waals surface area contributed by atoms with E-state index in [1.54, 1.807) is 24.3 Å². The van der Waals surface area contributed by atoms with Gasteiger partial charge in [-0.2, -0.15) is 8.78 Å². The monoisotopic (exact) mass is 336 g/mol. The molecule has 3 nitrogen and oxygen atoms in total. The summed E-state index contributed by atoms with van der Waals surface area (Å²) in [6, 6.07) is 6.39. The molecule has 1 aromatic rings. The van der Waals surface area contributed by atoms with Crippen molar-refractivity contribution < 1.29 is 13.6 Å². The van der Waals surface area contributed by atoms with E-state index in [2.05, 4.69) is 17.6 Å². The molecule has 2 N–H and O–H groups in total. The first-order valence-electron chi connectivity index (χ1n) is 6.62. The van der Waals surface area contributed by atoms with Gasteiger partial charge in [-0.15, -0.1) is 12.4 Å². The van der Waals surface area contributed by atoms with E-state index >= 15 is 0 Å². The Bertz CT molecular complexity index is 459. The van der Waals surface area contributed by atoms with E-state index in [0.717, 1.165) is 19.5 Å². The maximum absolute atomic E-state index is 12.2. The fraction of sp³-hybridized carbons (Fsp3) is 0.500. The van der Waals surface area contributed by atoms with Crippen LogP contribution in [0.5, 0.6) is 0 Å². The molecule has 7 heteroatoms. The number of piperidine rings is 1. The third kappa shape index (κ3) is 5.45. The van der Waals surface area contributed by atoms with Crippen molar-refractivity contribution in [2.24, 2.45) is 5.92 Å². The molecule has 0 aliphatic carbocycles. The Hall–Kier alpha value is -0.850. The molecule has 1 aromatic carbocycles. The van der Waals surface area contributed by atoms with Gasteiger partial charge in [0.1, 0.15) is 0 Å². The largest absolute Gasteiger partial charge is 0.348 e. The second kappa shape index (κ2) is 8.56. The van der Waals surface area contributed by atoms with Crippen LogP contribution in [-0.4, -0.2) is 30.8 Å². The molecule has 2 rings (SSSR count). The van der Waals surface area contributed by atoms with Crippen molar-refractivity contribution >= 4 is 30.1 Å². The highest BCUT2D eigenvalue weighted by atomic mass is 35.5. The molecular weight excluding hydrogens is 318 g/mol. The van der Waals surface area contributed by atoms with Gasteiger partial charge in [0.05, 0.1) is 0 Å². The predicted octanol–water partition coefficient (Wildman–Crippen LogP) is 3.15. The second-order valence-electron chi connectivity index (χ2n) is 4.95. The smallest absolute Gasteiger partial charge is 0.288 e. The van der Waals surface area contributed by atoms with E-state index in [1.807, 2.05) is 0 Å². The van der Waals surface area contributed by atoms with Gasteiger partial charge in [-0.1, -0.05) is 18.7 Å². The van der Waals surface area contributed by atoms with Crippen LogP contribution in [-0.2, 0) is 0 Å². The molecule has 1 heterocycles. The molecule has 0 saturated carbocycles. The van der Waals surface area contributed by atoms with Gasteiger partial charge >= 0.3 is 0 Å². The van der Waals surface area contributed by atoms with Gasteiger partial charge in [-0.3, -0.25) is 4.79 Å². The number of thioether (sulfide) groups is 1. The van der Waals surface area contributed by atoms with Crippen LogP contribution >= 0.6 is 24.2 Å². The van der Waals surface area contributed by atoms with Crippen molar-refractivity contribution in [3.63, 3.8) is 0 Å². The van der Waals surface area contributed by atoms with Gasteiger partial charge in [0, 0.05) is 23.0 Å². The number of rotatable bonds is 4. The second-order valence-corrected chi connectivity index (χ2v) is 6.02. The summed E-state index contributed by atoms with van der Waals surface area (Å²) in [5.41, 5.74) is 0.501. The minimum atomic E-state index is -2.44. The Labute approximate surface area is 133 Å². The van der Waals surface area contributed by atoms with E-state index in [-0.39, 0.29) is 24.4 Å². The predicted molar refractivity (Wildman–Crippen MR) is 83.5 cm³/mol. The molecule has 1 amide bonds. The topological polar surface area (TPSA) is 41.1 Å². The standard InChI is InChI=1S/C14H18F2N2OS.ClH/c1-9-6-7-17-8-12(9)18-13(19)10-2-4-11(5-3-10)20-14(15)16;/h2-5,9,12,14,17H,6-8H2,1H3,(H,18,19);1H. The molecule has 0 aromatic heterocycles. The average molecular weight is 337 g/mol. The summed E-state index contributed by atoms with van der Waals surface area (Å²) in [6.45, 7) is 3.87. The highest BCUT2D eigenvalue weighted by Crippen LogP contribution is 2.25. The molecule has 2 unspecified atom stereocenters. The Morgan fingerprint density at radius 2 is 2.05 bits per heavy atom. The van der Waals surface area contributed by atoms with Gasteiger partial charge < -0.3 is 10.6 Å². The highest BCUT2D eigenvalue weighted by Gasteiger charge is 2.22. The van der Waals surface area contributed by atoms with Gasteiger partial charge in [-0.05, 0) is 43.1 Å². The Morgan fingerprint density at radius 3 is 2.62 bits per heavy atom. The van der Waals surface area contributed by atoms with E-state index in [0.29, 0.717) is 28.1 Å². The van der Waals surface area contributed by atoms with Crippen molar-refractivity contribution in [2.75, 3.05) is 13.1 Å². The number of carbonyl (C=O) groups excluding carboxylic acids is 1. The maximum atomic E-state index is 12.2. The van der Waals surface area contributed by atoms with Crippen LogP contribution in [0.4, 0.5) is 8.78 Å². The summed E-state index contributed by atoms with van der Waals surface area (Å²) in [6.07, 6.45) is 1.04. The molecule has 118 valence electrons. The number of halogens is 3. The minimum Gasteiger partial charge on any atom is -0.348 e. The van der Waals surface area contributed by atoms with Crippen molar-refractivity contribution in [3.05, 3.63) is 29.8 Å². The summed E-state index contributed by atoms with van der Waals surface area (Å²) in [5.74, 6) is -2.16. The van der Waals surface area contributed by atoms with Crippen LogP contribution in [0.2, 0.25) is 0 Å². The lowest BCUT2D eigenvalue weighted by molar-refractivity contribution is 0.0915. The van der Waals surface area contributed by atoms with E-state index in [9.17, 15) is 13.6 Å². The van der Waals surface area contributed by atoms with E-state index in [4.69, 9.17) is 0 Å². The molecule has 0 radical (unpaired) electrons. The average Bonchev–Trinajstić information content (AvgIpc) is 2.41. The zero-order valence-corrected chi connectivity index (χ0v) is 13.3. The summed E-state index contributed by atoms with van der Waals surface area (Å²) < 4.78 is 24.4. The molecule has 21 heavy (non-hydrogen) atoms. The highest BCUT2D eigenvalue weighted by molar-refractivity contribution is 7.99. The van der Waals surface area contributed by atoms with Crippen molar-refractivity contribution in [2.45, 2.75) is 30.0 Å². The molecule has 1 saturated heterocycles. The maximum Gasteiger partial charge on any atom is 0.288 e. The third-order valence-corrected chi connectivity index (χ3v) is 4.21. The first-order valence-corrected chi connectivity index (χ1v) is 7.50. The fourth-order valence-electron chi connectivity index (χ4n) is 2.22. The SMILES string of the molecule is CC1CCNCC1NC(=O)c1ccc(SC(F)F)cc1.Cl. The van der Waals surface area contributed by atoms with Crippen molar-refractivity contribution in [1.82, 2.24) is 10.6 Å². The zero-order valence-electron chi connectivity index (χ0n) is 11.6. The normalized spacial score (nSPS) is 21.7. The lowest BCUT2D eigenvalue weighted by atomic mass is 9.94. The fourth-order valence-corrected chi connectivity index (χ4v) is 2.72. The summed E-state index contributed by atoms with van der Waals surface area (Å²) in [7, 11) is 0. The van der Waals surface area contributed by atoms with Gasteiger partial charge in [0.15, 0.2) is 0 Å². The number of amides is 1. The van der Waals surface area contributed by atoms with Crippen LogP contribution < -0.4 is 10.6 Å². The van der Waals surface area contributed by atoms with Crippen LogP contribution in [0.1, 0.15) is 23.7 Å². The van der Waals surface area contributed by atoms with Gasteiger partial charge in [0.25, 0.3) is 11.7 Å². The number of hydrogen-bond donors (Lipinski definition) is 2. The number of alkyl halides is 2. The first-order chi connectivity index (χ1) is 9.56. The Morgan fingerprint density at radius 1 is 1.38 bits per heavy atom. The van der Waals surface area contributed by atoms with Crippen LogP contribution in [0.15, 0.2) is 29.2 Å². The number of hydrogen-bond acceptors (Lipinski definition) is 3. The summed E-state index contributed by atoms with van der Waals surface area (Å²) in [5, 5.41) is 6.24. The van der Waals surface area contributed by atoms with Gasteiger partial charge in [0.2, 0.25) is 0 Å². The Balaban J connectivity index is 0.00000220. The molecular formula is C14H19ClF2N2OS. The number of nitrogens with one attached hydrogen (secondary N) is 2. The number of benzene rings is 1. The van der Waals surface area contributed by atoms with E-state index in [1.165, 1.54) is 0 Å². The quantitative estimate of drug-likeness (QED) is 0.830. The lowest BCUT2D eigenvalue weighted by Crippen LogP contribution is -2.50. The summed E-state index contributed by atoms with van der Waals surface area (Å²) in [4.78, 5) is 12.6. The molecule has 1 aliphatic rings. The van der Waals surface area contributed by atoms with Crippen LogP contribution in [0.3, 0.4) is 0 Å². The Kier molecular flexibility index (Phi) is 7.42. The van der Waals surface area contributed by atoms with Crippen LogP contribution in [0.25, 0.3) is 0 Å². The van der Waals surface area contributed by atoms with E-state index < -0.39 is 5.76 Å². The van der Waals surface area contributed by atoms with Crippen molar-refractivity contribution in [3.8, 4) is 0 Å². The first kappa shape index (κ1) is 18.2. The minimum absolute atomic E-state index is 0. The van der Waals surface area contributed by atoms with Gasteiger partial charge in [-0.25, -0.2) is 0 Å². The zero-order chi connectivity index (χ0) is 14.5. The lowest BCUT2D eigenvalue weighted by Gasteiger charge is -2.30. The molecule has 2 atom stereocenters. The summed E-state index contributed by atoms with van der Waals surface area (Å²) >= 11 is 0.480.